The van der Waals surface area contributed by atoms with E-state index in [1.165, 1.54) is 12.8 Å². The van der Waals surface area contributed by atoms with E-state index in [0.717, 1.165) is 63.5 Å². The summed E-state index contributed by atoms with van der Waals surface area (Å²) in [6.45, 7) is 0.348. The quantitative estimate of drug-likeness (QED) is 0.227. The SMILES string of the molecule is O=C(NCCOC(=O)/C=C/C(=O)OCCNC(=O)NC1CCCCC1)NC1CCCCC1. The Kier molecular flexibility index (Phi) is 12.0. The van der Waals surface area contributed by atoms with E-state index in [0.29, 0.717) is 0 Å². The first-order chi connectivity index (χ1) is 15.5. The number of urea groups is 2. The topological polar surface area (TPSA) is 135 Å². The molecule has 2 rings (SSSR count). The van der Waals surface area contributed by atoms with E-state index < -0.39 is 11.9 Å². The molecule has 0 spiro atoms. The van der Waals surface area contributed by atoms with Crippen LogP contribution in [0.3, 0.4) is 0 Å². The minimum Gasteiger partial charge on any atom is -0.461 e. The average molecular weight is 453 g/mol. The summed E-state index contributed by atoms with van der Waals surface area (Å²) in [5.74, 6) is -1.41. The number of carbonyl (C=O) groups excluding carboxylic acids is 4. The van der Waals surface area contributed by atoms with Gasteiger partial charge in [-0.3, -0.25) is 0 Å². The van der Waals surface area contributed by atoms with E-state index >= 15 is 0 Å². The van der Waals surface area contributed by atoms with Gasteiger partial charge in [-0.2, -0.15) is 0 Å². The van der Waals surface area contributed by atoms with Gasteiger partial charge in [-0.25, -0.2) is 19.2 Å². The molecule has 2 saturated carbocycles. The molecule has 0 heterocycles. The van der Waals surface area contributed by atoms with Gasteiger partial charge >= 0.3 is 24.0 Å². The Morgan fingerprint density at radius 1 is 0.625 bits per heavy atom. The first kappa shape index (κ1) is 25.5. The van der Waals surface area contributed by atoms with Gasteiger partial charge in [0.15, 0.2) is 0 Å². The highest BCUT2D eigenvalue weighted by Gasteiger charge is 2.16. The molecule has 0 unspecified atom stereocenters. The van der Waals surface area contributed by atoms with Crippen LogP contribution in [-0.4, -0.2) is 62.4 Å². The molecular formula is C22H36N4O6. The maximum atomic E-state index is 11.8. The molecule has 10 nitrogen and oxygen atoms in total. The van der Waals surface area contributed by atoms with E-state index in [1.807, 2.05) is 0 Å². The molecule has 2 aliphatic carbocycles. The molecule has 0 saturated heterocycles. The maximum absolute atomic E-state index is 11.8. The molecule has 0 aromatic heterocycles. The van der Waals surface area contributed by atoms with Crippen molar-refractivity contribution in [3.05, 3.63) is 12.2 Å². The zero-order chi connectivity index (χ0) is 23.0. The third-order valence-corrected chi connectivity index (χ3v) is 5.50. The fourth-order valence-corrected chi connectivity index (χ4v) is 3.83. The van der Waals surface area contributed by atoms with Crippen molar-refractivity contribution in [1.82, 2.24) is 21.3 Å². The summed E-state index contributed by atoms with van der Waals surface area (Å²) >= 11 is 0. The lowest BCUT2D eigenvalue weighted by Gasteiger charge is -2.22. The standard InChI is InChI=1S/C22H36N4O6/c27-19(31-15-13-23-21(29)25-17-7-3-1-4-8-17)11-12-20(28)32-16-14-24-22(30)26-18-9-5-2-6-10-18/h11-12,17-18H,1-10,13-16H2,(H2,23,25,29)(H2,24,26,30)/b12-11+. The van der Waals surface area contributed by atoms with E-state index in [4.69, 9.17) is 9.47 Å². The first-order valence-electron chi connectivity index (χ1n) is 11.6. The Labute approximate surface area is 189 Å². The van der Waals surface area contributed by atoms with Crippen molar-refractivity contribution in [1.29, 1.82) is 0 Å². The number of nitrogens with one attached hydrogen (secondary N) is 4. The zero-order valence-electron chi connectivity index (χ0n) is 18.7. The molecular weight excluding hydrogens is 416 g/mol. The molecule has 4 N–H and O–H groups in total. The van der Waals surface area contributed by atoms with Gasteiger partial charge in [0.2, 0.25) is 0 Å². The minimum absolute atomic E-state index is 0.00364. The summed E-state index contributed by atoms with van der Waals surface area (Å²) in [4.78, 5) is 46.8. The molecule has 32 heavy (non-hydrogen) atoms. The molecule has 0 bridgehead atoms. The van der Waals surface area contributed by atoms with E-state index in [-0.39, 0.29) is 50.4 Å². The molecule has 0 aliphatic heterocycles. The summed E-state index contributed by atoms with van der Waals surface area (Å²) in [7, 11) is 0. The molecule has 4 amide bonds. The number of rotatable bonds is 10. The Bertz CT molecular complexity index is 588. The Balaban J connectivity index is 1.45. The van der Waals surface area contributed by atoms with Gasteiger partial charge in [0.25, 0.3) is 0 Å². The second-order valence-corrected chi connectivity index (χ2v) is 8.14. The molecule has 0 aromatic rings. The van der Waals surface area contributed by atoms with Gasteiger partial charge in [-0.05, 0) is 25.7 Å². The third-order valence-electron chi connectivity index (χ3n) is 5.50. The number of ether oxygens (including phenoxy) is 2. The highest BCUT2D eigenvalue weighted by Crippen LogP contribution is 2.17. The number of amides is 4. The summed E-state index contributed by atoms with van der Waals surface area (Å²) < 4.78 is 9.84. The lowest BCUT2D eigenvalue weighted by Crippen LogP contribution is -2.43. The van der Waals surface area contributed by atoms with Crippen LogP contribution in [0.4, 0.5) is 9.59 Å². The summed E-state index contributed by atoms with van der Waals surface area (Å²) in [6, 6.07) is -0.121. The number of carbonyl (C=O) groups is 4. The normalized spacial score (nSPS) is 17.4. The monoisotopic (exact) mass is 452 g/mol. The number of hydrogen-bond acceptors (Lipinski definition) is 6. The van der Waals surface area contributed by atoms with Crippen LogP contribution in [0.25, 0.3) is 0 Å². The molecule has 2 fully saturated rings. The highest BCUT2D eigenvalue weighted by atomic mass is 16.5. The predicted molar refractivity (Wildman–Crippen MR) is 118 cm³/mol. The van der Waals surface area contributed by atoms with Gasteiger partial charge in [0, 0.05) is 24.2 Å². The van der Waals surface area contributed by atoms with Crippen LogP contribution in [-0.2, 0) is 19.1 Å². The first-order valence-corrected chi connectivity index (χ1v) is 11.6. The van der Waals surface area contributed by atoms with Gasteiger partial charge in [0.05, 0.1) is 13.1 Å². The van der Waals surface area contributed by atoms with Crippen molar-refractivity contribution in [2.45, 2.75) is 76.3 Å². The maximum Gasteiger partial charge on any atom is 0.331 e. The second kappa shape index (κ2) is 15.1. The van der Waals surface area contributed by atoms with Crippen molar-refractivity contribution < 1.29 is 28.7 Å². The third kappa shape index (κ3) is 11.6. The van der Waals surface area contributed by atoms with Crippen molar-refractivity contribution >= 4 is 24.0 Å². The predicted octanol–water partition coefficient (Wildman–Crippen LogP) is 1.89. The second-order valence-electron chi connectivity index (χ2n) is 8.14. The number of esters is 2. The van der Waals surface area contributed by atoms with Crippen molar-refractivity contribution in [3.63, 3.8) is 0 Å². The lowest BCUT2D eigenvalue weighted by atomic mass is 9.96. The summed E-state index contributed by atoms with van der Waals surface area (Å²) in [5.41, 5.74) is 0. The average Bonchev–Trinajstić information content (AvgIpc) is 2.79. The Morgan fingerprint density at radius 3 is 1.38 bits per heavy atom. The van der Waals surface area contributed by atoms with Gasteiger partial charge in [-0.1, -0.05) is 38.5 Å². The summed E-state index contributed by atoms with van der Waals surface area (Å²) in [5, 5.41) is 11.1. The molecule has 0 atom stereocenters. The minimum atomic E-state index is -0.707. The smallest absolute Gasteiger partial charge is 0.331 e. The molecule has 0 radical (unpaired) electrons. The van der Waals surface area contributed by atoms with Crippen LogP contribution in [0.1, 0.15) is 64.2 Å². The lowest BCUT2D eigenvalue weighted by molar-refractivity contribution is -0.140. The van der Waals surface area contributed by atoms with E-state index in [1.54, 1.807) is 0 Å². The van der Waals surface area contributed by atoms with Gasteiger partial charge < -0.3 is 30.7 Å². The Hall–Kier alpha value is -2.78. The van der Waals surface area contributed by atoms with Crippen molar-refractivity contribution in [2.75, 3.05) is 26.3 Å². The van der Waals surface area contributed by atoms with Crippen LogP contribution in [0.5, 0.6) is 0 Å². The summed E-state index contributed by atoms with van der Waals surface area (Å²) in [6.07, 6.45) is 12.8. The van der Waals surface area contributed by atoms with E-state index in [2.05, 4.69) is 21.3 Å². The van der Waals surface area contributed by atoms with E-state index in [9.17, 15) is 19.2 Å². The zero-order valence-corrected chi connectivity index (χ0v) is 18.7. The van der Waals surface area contributed by atoms with Crippen LogP contribution < -0.4 is 21.3 Å². The van der Waals surface area contributed by atoms with Crippen molar-refractivity contribution in [3.8, 4) is 0 Å². The fourth-order valence-electron chi connectivity index (χ4n) is 3.83. The molecule has 2 aliphatic rings. The highest BCUT2D eigenvalue weighted by molar-refractivity contribution is 5.91. The van der Waals surface area contributed by atoms with Crippen LogP contribution >= 0.6 is 0 Å². The molecule has 180 valence electrons. The number of hydrogen-bond donors (Lipinski definition) is 4. The van der Waals surface area contributed by atoms with Crippen LogP contribution in [0.15, 0.2) is 12.2 Å². The molecule has 10 heteroatoms. The largest absolute Gasteiger partial charge is 0.461 e. The fraction of sp³-hybridized carbons (Fsp3) is 0.727. The van der Waals surface area contributed by atoms with Crippen LogP contribution in [0.2, 0.25) is 0 Å². The van der Waals surface area contributed by atoms with Crippen molar-refractivity contribution in [2.24, 2.45) is 0 Å². The van der Waals surface area contributed by atoms with Gasteiger partial charge in [0.1, 0.15) is 13.2 Å². The van der Waals surface area contributed by atoms with Crippen LogP contribution in [0, 0.1) is 0 Å². The Morgan fingerprint density at radius 2 is 1.00 bits per heavy atom. The van der Waals surface area contributed by atoms with Gasteiger partial charge in [-0.15, -0.1) is 0 Å². The molecule has 0 aromatic carbocycles.